The van der Waals surface area contributed by atoms with Gasteiger partial charge in [-0.15, -0.1) is 0 Å². The highest BCUT2D eigenvalue weighted by atomic mass is 16.3. The molecule has 1 heterocycles. The Labute approximate surface area is 75.6 Å². The predicted molar refractivity (Wildman–Crippen MR) is 51.1 cm³/mol. The van der Waals surface area contributed by atoms with Gasteiger partial charge in [0.2, 0.25) is 0 Å². The summed E-state index contributed by atoms with van der Waals surface area (Å²) in [5.41, 5.74) is 0. The second-order valence-electron chi connectivity index (χ2n) is 4.07. The zero-order valence-corrected chi connectivity index (χ0v) is 8.29. The monoisotopic (exact) mass is 171 g/mol. The van der Waals surface area contributed by atoms with E-state index in [1.807, 2.05) is 6.92 Å². The molecule has 2 heteroatoms. The van der Waals surface area contributed by atoms with Gasteiger partial charge in [-0.3, -0.25) is 0 Å². The number of β-amino-alcohol motifs (C(OH)–C–C–N with tert-alkyl or cyclic N) is 1. The first-order chi connectivity index (χ1) is 5.72. The van der Waals surface area contributed by atoms with Gasteiger partial charge in [-0.25, -0.2) is 0 Å². The van der Waals surface area contributed by atoms with Crippen molar-refractivity contribution in [2.75, 3.05) is 19.6 Å². The van der Waals surface area contributed by atoms with Crippen molar-refractivity contribution < 1.29 is 5.11 Å². The summed E-state index contributed by atoms with van der Waals surface area (Å²) in [6.07, 6.45) is 3.43. The van der Waals surface area contributed by atoms with Crippen LogP contribution in [-0.4, -0.2) is 35.7 Å². The van der Waals surface area contributed by atoms with E-state index in [2.05, 4.69) is 11.8 Å². The van der Waals surface area contributed by atoms with Gasteiger partial charge in [0.15, 0.2) is 0 Å². The molecule has 0 aromatic carbocycles. The number of hydrogen-bond acceptors (Lipinski definition) is 2. The molecule has 2 atom stereocenters. The van der Waals surface area contributed by atoms with Crippen molar-refractivity contribution in [1.82, 2.24) is 4.90 Å². The SMILES string of the molecule is CCC(O)CN1CCCC(C)C1. The van der Waals surface area contributed by atoms with Gasteiger partial charge in [0, 0.05) is 13.1 Å². The van der Waals surface area contributed by atoms with Gasteiger partial charge >= 0.3 is 0 Å². The third-order valence-corrected chi connectivity index (χ3v) is 2.68. The van der Waals surface area contributed by atoms with Gasteiger partial charge in [0.25, 0.3) is 0 Å². The molecule has 1 saturated heterocycles. The summed E-state index contributed by atoms with van der Waals surface area (Å²) in [7, 11) is 0. The van der Waals surface area contributed by atoms with Crippen LogP contribution < -0.4 is 0 Å². The molecule has 1 aliphatic heterocycles. The number of likely N-dealkylation sites (tertiary alicyclic amines) is 1. The summed E-state index contributed by atoms with van der Waals surface area (Å²) in [5.74, 6) is 0.822. The minimum Gasteiger partial charge on any atom is -0.392 e. The Bertz CT molecular complexity index is 127. The Kier molecular flexibility index (Phi) is 4.02. The standard InChI is InChI=1S/C10H21NO/c1-3-10(12)8-11-6-4-5-9(2)7-11/h9-10,12H,3-8H2,1-2H3. The Balaban J connectivity index is 2.22. The average molecular weight is 171 g/mol. The van der Waals surface area contributed by atoms with Crippen molar-refractivity contribution in [2.45, 2.75) is 39.2 Å². The summed E-state index contributed by atoms with van der Waals surface area (Å²) in [5, 5.41) is 9.45. The maximum Gasteiger partial charge on any atom is 0.0664 e. The lowest BCUT2D eigenvalue weighted by Crippen LogP contribution is -2.39. The lowest BCUT2D eigenvalue weighted by atomic mass is 10.00. The number of aliphatic hydroxyl groups is 1. The van der Waals surface area contributed by atoms with Crippen molar-refractivity contribution in [2.24, 2.45) is 5.92 Å². The largest absolute Gasteiger partial charge is 0.392 e. The Morgan fingerprint density at radius 3 is 2.92 bits per heavy atom. The summed E-state index contributed by atoms with van der Waals surface area (Å²) >= 11 is 0. The maximum atomic E-state index is 9.45. The van der Waals surface area contributed by atoms with Gasteiger partial charge < -0.3 is 10.0 Å². The first-order valence-electron chi connectivity index (χ1n) is 5.12. The Hall–Kier alpha value is -0.0800. The number of rotatable bonds is 3. The van der Waals surface area contributed by atoms with Crippen molar-refractivity contribution in [3.8, 4) is 0 Å². The molecular formula is C10H21NO. The van der Waals surface area contributed by atoms with E-state index in [-0.39, 0.29) is 6.10 Å². The van der Waals surface area contributed by atoms with Crippen molar-refractivity contribution in [1.29, 1.82) is 0 Å². The second kappa shape index (κ2) is 4.83. The molecule has 2 nitrogen and oxygen atoms in total. The fourth-order valence-electron chi connectivity index (χ4n) is 1.88. The average Bonchev–Trinajstić information content (AvgIpc) is 2.04. The second-order valence-corrected chi connectivity index (χ2v) is 4.07. The molecule has 0 spiro atoms. The fraction of sp³-hybridized carbons (Fsp3) is 1.00. The normalized spacial score (nSPS) is 28.8. The van der Waals surface area contributed by atoms with Crippen LogP contribution in [0.4, 0.5) is 0 Å². The predicted octanol–water partition coefficient (Wildman–Crippen LogP) is 1.49. The smallest absolute Gasteiger partial charge is 0.0664 e. The Morgan fingerprint density at radius 1 is 1.58 bits per heavy atom. The minimum atomic E-state index is -0.115. The van der Waals surface area contributed by atoms with Crippen LogP contribution in [0.25, 0.3) is 0 Å². The molecule has 0 aliphatic carbocycles. The van der Waals surface area contributed by atoms with Crippen LogP contribution in [-0.2, 0) is 0 Å². The van der Waals surface area contributed by atoms with Crippen LogP contribution in [0.2, 0.25) is 0 Å². The molecule has 1 rings (SSSR count). The first-order valence-corrected chi connectivity index (χ1v) is 5.12. The topological polar surface area (TPSA) is 23.5 Å². The van der Waals surface area contributed by atoms with Crippen LogP contribution in [0, 0.1) is 5.92 Å². The molecule has 2 unspecified atom stereocenters. The van der Waals surface area contributed by atoms with Crippen LogP contribution in [0.1, 0.15) is 33.1 Å². The lowest BCUT2D eigenvalue weighted by Gasteiger charge is -2.31. The zero-order chi connectivity index (χ0) is 8.97. The van der Waals surface area contributed by atoms with Crippen LogP contribution >= 0.6 is 0 Å². The van der Waals surface area contributed by atoms with Gasteiger partial charge in [-0.1, -0.05) is 13.8 Å². The van der Waals surface area contributed by atoms with E-state index in [0.717, 1.165) is 18.9 Å². The molecule has 0 aromatic rings. The van der Waals surface area contributed by atoms with Crippen molar-refractivity contribution >= 4 is 0 Å². The van der Waals surface area contributed by atoms with E-state index in [1.54, 1.807) is 0 Å². The quantitative estimate of drug-likeness (QED) is 0.695. The van der Waals surface area contributed by atoms with Gasteiger partial charge in [-0.05, 0) is 31.7 Å². The molecule has 1 aliphatic rings. The molecule has 1 N–H and O–H groups in total. The minimum absolute atomic E-state index is 0.115. The van der Waals surface area contributed by atoms with E-state index in [1.165, 1.54) is 25.9 Å². The number of nitrogens with zero attached hydrogens (tertiary/aromatic N) is 1. The molecule has 1 fully saturated rings. The summed E-state index contributed by atoms with van der Waals surface area (Å²) in [6, 6.07) is 0. The summed E-state index contributed by atoms with van der Waals surface area (Å²) in [6.45, 7) is 7.57. The maximum absolute atomic E-state index is 9.45. The molecule has 0 saturated carbocycles. The molecular weight excluding hydrogens is 150 g/mol. The van der Waals surface area contributed by atoms with Gasteiger partial charge in [-0.2, -0.15) is 0 Å². The van der Waals surface area contributed by atoms with E-state index < -0.39 is 0 Å². The highest BCUT2D eigenvalue weighted by molar-refractivity contribution is 4.71. The van der Waals surface area contributed by atoms with Crippen molar-refractivity contribution in [3.05, 3.63) is 0 Å². The fourth-order valence-corrected chi connectivity index (χ4v) is 1.88. The summed E-state index contributed by atoms with van der Waals surface area (Å²) < 4.78 is 0. The van der Waals surface area contributed by atoms with Crippen LogP contribution in [0.5, 0.6) is 0 Å². The van der Waals surface area contributed by atoms with Gasteiger partial charge in [0.05, 0.1) is 6.10 Å². The van der Waals surface area contributed by atoms with E-state index in [4.69, 9.17) is 0 Å². The highest BCUT2D eigenvalue weighted by Crippen LogP contribution is 2.15. The van der Waals surface area contributed by atoms with E-state index in [0.29, 0.717) is 0 Å². The molecule has 72 valence electrons. The number of piperidine rings is 1. The number of aliphatic hydroxyl groups excluding tert-OH is 1. The first kappa shape index (κ1) is 10.0. The van der Waals surface area contributed by atoms with Crippen LogP contribution in [0.3, 0.4) is 0 Å². The highest BCUT2D eigenvalue weighted by Gasteiger charge is 2.17. The van der Waals surface area contributed by atoms with Gasteiger partial charge in [0.1, 0.15) is 0 Å². The molecule has 0 bridgehead atoms. The molecule has 12 heavy (non-hydrogen) atoms. The molecule has 0 aromatic heterocycles. The van der Waals surface area contributed by atoms with E-state index >= 15 is 0 Å². The third-order valence-electron chi connectivity index (χ3n) is 2.68. The molecule has 0 amide bonds. The number of hydrogen-bond donors (Lipinski definition) is 1. The summed E-state index contributed by atoms with van der Waals surface area (Å²) in [4.78, 5) is 2.39. The van der Waals surface area contributed by atoms with E-state index in [9.17, 15) is 5.11 Å². The van der Waals surface area contributed by atoms with Crippen LogP contribution in [0.15, 0.2) is 0 Å². The van der Waals surface area contributed by atoms with Crippen molar-refractivity contribution in [3.63, 3.8) is 0 Å². The molecule has 0 radical (unpaired) electrons. The Morgan fingerprint density at radius 2 is 2.33 bits per heavy atom. The lowest BCUT2D eigenvalue weighted by molar-refractivity contribution is 0.0853. The third kappa shape index (κ3) is 3.11. The zero-order valence-electron chi connectivity index (χ0n) is 8.29.